The summed E-state index contributed by atoms with van der Waals surface area (Å²) in [5, 5.41) is 8.65. The van der Waals surface area contributed by atoms with E-state index < -0.39 is 11.9 Å². The van der Waals surface area contributed by atoms with Crippen LogP contribution in [-0.2, 0) is 14.3 Å². The molecule has 0 unspecified atom stereocenters. The summed E-state index contributed by atoms with van der Waals surface area (Å²) in [7, 11) is 0. The first-order valence-corrected chi connectivity index (χ1v) is 13.6. The van der Waals surface area contributed by atoms with Crippen LogP contribution in [0, 0.1) is 0 Å². The van der Waals surface area contributed by atoms with E-state index >= 15 is 0 Å². The minimum atomic E-state index is -0.975. The predicted molar refractivity (Wildman–Crippen MR) is 136 cm³/mol. The molecule has 1 aliphatic heterocycles. The van der Waals surface area contributed by atoms with Gasteiger partial charge in [0, 0.05) is 13.1 Å². The van der Waals surface area contributed by atoms with Gasteiger partial charge in [0.25, 0.3) is 0 Å². The van der Waals surface area contributed by atoms with Crippen LogP contribution in [0.5, 0.6) is 0 Å². The van der Waals surface area contributed by atoms with Gasteiger partial charge in [-0.25, -0.2) is 0 Å². The number of aliphatic carboxylic acids is 1. The van der Waals surface area contributed by atoms with Crippen molar-refractivity contribution in [1.29, 1.82) is 0 Å². The Morgan fingerprint density at radius 2 is 1.33 bits per heavy atom. The monoisotopic (exact) mass is 463 g/mol. The molecule has 0 fully saturated rings. The van der Waals surface area contributed by atoms with E-state index in [9.17, 15) is 9.59 Å². The fourth-order valence-electron chi connectivity index (χ4n) is 4.25. The highest BCUT2D eigenvalue weighted by Crippen LogP contribution is 2.16. The molecular weight excluding hydrogens is 414 g/mol. The van der Waals surface area contributed by atoms with E-state index in [2.05, 4.69) is 17.9 Å². The van der Waals surface area contributed by atoms with Crippen LogP contribution < -0.4 is 0 Å². The first kappa shape index (κ1) is 29.3. The molecule has 0 aliphatic carbocycles. The third kappa shape index (κ3) is 17.4. The molecule has 1 aliphatic rings. The quantitative estimate of drug-likeness (QED) is 0.134. The van der Waals surface area contributed by atoms with Crippen LogP contribution in [0.1, 0.15) is 122 Å². The molecule has 0 bridgehead atoms. The Morgan fingerprint density at radius 1 is 0.818 bits per heavy atom. The topological polar surface area (TPSA) is 66.8 Å². The first-order chi connectivity index (χ1) is 16.1. The SMILES string of the molecule is CCCCCCCCCCCCCCCCCCN1CC=CC=C1COC(=O)CCC(=O)O. The molecule has 5 heteroatoms. The third-order valence-corrected chi connectivity index (χ3v) is 6.36. The van der Waals surface area contributed by atoms with Gasteiger partial charge in [0.2, 0.25) is 0 Å². The number of nitrogens with zero attached hydrogens (tertiary/aromatic N) is 1. The summed E-state index contributed by atoms with van der Waals surface area (Å²) >= 11 is 0. The lowest BCUT2D eigenvalue weighted by Crippen LogP contribution is -2.29. The number of carbonyl (C=O) groups excluding carboxylic acids is 1. The number of esters is 1. The Labute approximate surface area is 202 Å². The number of allylic oxidation sites excluding steroid dienone is 2. The average Bonchev–Trinajstić information content (AvgIpc) is 2.81. The fourth-order valence-corrected chi connectivity index (χ4v) is 4.25. The highest BCUT2D eigenvalue weighted by molar-refractivity contribution is 5.76. The maximum atomic E-state index is 11.7. The normalized spacial score (nSPS) is 13.2. The fraction of sp³-hybridized carbons (Fsp3) is 0.786. The number of hydrogen-bond acceptors (Lipinski definition) is 4. The van der Waals surface area contributed by atoms with Crippen LogP contribution in [0.4, 0.5) is 0 Å². The first-order valence-electron chi connectivity index (χ1n) is 13.6. The number of hydrogen-bond donors (Lipinski definition) is 1. The van der Waals surface area contributed by atoms with Crippen molar-refractivity contribution in [2.45, 2.75) is 122 Å². The molecule has 0 atom stereocenters. The van der Waals surface area contributed by atoms with Crippen molar-refractivity contribution in [3.8, 4) is 0 Å². The van der Waals surface area contributed by atoms with Gasteiger partial charge in [0.05, 0.1) is 18.5 Å². The van der Waals surface area contributed by atoms with Crippen molar-refractivity contribution in [3.05, 3.63) is 23.9 Å². The molecular formula is C28H49NO4. The summed E-state index contributed by atoms with van der Waals surface area (Å²) in [6, 6.07) is 0. The second-order valence-corrected chi connectivity index (χ2v) is 9.39. The minimum Gasteiger partial charge on any atom is -0.481 e. The lowest BCUT2D eigenvalue weighted by atomic mass is 10.0. The standard InChI is InChI=1S/C28H49NO4/c1-2-3-4-5-6-7-8-9-10-11-12-13-14-15-16-18-23-29-24-19-17-20-26(29)25-33-28(32)22-21-27(30)31/h17,19-20H,2-16,18,21-25H2,1H3,(H,30,31). The summed E-state index contributed by atoms with van der Waals surface area (Å²) in [5.74, 6) is -1.42. The van der Waals surface area contributed by atoms with E-state index in [1.165, 1.54) is 96.3 Å². The van der Waals surface area contributed by atoms with Crippen LogP contribution in [0.2, 0.25) is 0 Å². The van der Waals surface area contributed by atoms with E-state index in [1.807, 2.05) is 12.2 Å². The molecule has 0 amide bonds. The molecule has 0 saturated carbocycles. The summed E-state index contributed by atoms with van der Waals surface area (Å²) < 4.78 is 5.25. The zero-order valence-corrected chi connectivity index (χ0v) is 21.2. The van der Waals surface area contributed by atoms with Crippen LogP contribution >= 0.6 is 0 Å². The van der Waals surface area contributed by atoms with Gasteiger partial charge in [-0.1, -0.05) is 115 Å². The summed E-state index contributed by atoms with van der Waals surface area (Å²) in [6.45, 7) is 4.32. The molecule has 5 nitrogen and oxygen atoms in total. The van der Waals surface area contributed by atoms with Gasteiger partial charge < -0.3 is 14.7 Å². The van der Waals surface area contributed by atoms with Crippen molar-refractivity contribution < 1.29 is 19.4 Å². The summed E-state index contributed by atoms with van der Waals surface area (Å²) in [4.78, 5) is 24.5. The third-order valence-electron chi connectivity index (χ3n) is 6.36. The van der Waals surface area contributed by atoms with Gasteiger partial charge in [0.15, 0.2) is 0 Å². The summed E-state index contributed by atoms with van der Waals surface area (Å²) in [5.41, 5.74) is 1.00. The van der Waals surface area contributed by atoms with E-state index in [0.717, 1.165) is 25.2 Å². The largest absolute Gasteiger partial charge is 0.481 e. The van der Waals surface area contributed by atoms with Gasteiger partial charge in [-0.3, -0.25) is 9.59 Å². The lowest BCUT2D eigenvalue weighted by Gasteiger charge is -2.28. The molecule has 0 aromatic heterocycles. The van der Waals surface area contributed by atoms with Crippen LogP contribution in [0.15, 0.2) is 23.9 Å². The van der Waals surface area contributed by atoms with Crippen LogP contribution in [0.25, 0.3) is 0 Å². The maximum absolute atomic E-state index is 11.7. The number of carboxylic acids is 1. The van der Waals surface area contributed by atoms with Gasteiger partial charge in [0.1, 0.15) is 6.61 Å². The Balaban J connectivity index is 1.95. The molecule has 0 saturated heterocycles. The molecule has 1 N–H and O–H groups in total. The Bertz CT molecular complexity index is 570. The van der Waals surface area contributed by atoms with E-state index in [0.29, 0.717) is 0 Å². The number of carboxylic acid groups (broad SMARTS) is 1. The van der Waals surface area contributed by atoms with Crippen molar-refractivity contribution >= 4 is 11.9 Å². The van der Waals surface area contributed by atoms with E-state index in [-0.39, 0.29) is 19.4 Å². The lowest BCUT2D eigenvalue weighted by molar-refractivity contribution is -0.147. The van der Waals surface area contributed by atoms with Gasteiger partial charge in [-0.15, -0.1) is 0 Å². The van der Waals surface area contributed by atoms with Crippen molar-refractivity contribution in [2.24, 2.45) is 0 Å². The van der Waals surface area contributed by atoms with E-state index in [4.69, 9.17) is 9.84 Å². The average molecular weight is 464 g/mol. The van der Waals surface area contributed by atoms with Crippen LogP contribution in [-0.4, -0.2) is 41.6 Å². The molecule has 1 heterocycles. The molecule has 33 heavy (non-hydrogen) atoms. The number of carbonyl (C=O) groups is 2. The van der Waals surface area contributed by atoms with Gasteiger partial charge >= 0.3 is 11.9 Å². The molecule has 0 spiro atoms. The summed E-state index contributed by atoms with van der Waals surface area (Å²) in [6.07, 6.45) is 27.7. The van der Waals surface area contributed by atoms with Crippen molar-refractivity contribution in [1.82, 2.24) is 4.90 Å². The number of rotatable bonds is 22. The second kappa shape index (κ2) is 20.8. The predicted octanol–water partition coefficient (Wildman–Crippen LogP) is 7.41. The minimum absolute atomic E-state index is 0.0718. The second-order valence-electron chi connectivity index (χ2n) is 9.39. The Hall–Kier alpha value is -1.78. The van der Waals surface area contributed by atoms with Gasteiger partial charge in [-0.2, -0.15) is 0 Å². The smallest absolute Gasteiger partial charge is 0.306 e. The molecule has 0 radical (unpaired) electrons. The van der Waals surface area contributed by atoms with Crippen molar-refractivity contribution in [3.63, 3.8) is 0 Å². The van der Waals surface area contributed by atoms with Gasteiger partial charge in [-0.05, 0) is 12.5 Å². The maximum Gasteiger partial charge on any atom is 0.306 e. The number of ether oxygens (including phenoxy) is 1. The highest BCUT2D eigenvalue weighted by Gasteiger charge is 2.13. The zero-order valence-electron chi connectivity index (χ0n) is 21.2. The highest BCUT2D eigenvalue weighted by atomic mass is 16.5. The zero-order chi connectivity index (χ0) is 24.0. The molecule has 190 valence electrons. The molecule has 1 rings (SSSR count). The van der Waals surface area contributed by atoms with Crippen LogP contribution in [0.3, 0.4) is 0 Å². The Kier molecular flexibility index (Phi) is 18.4. The van der Waals surface area contributed by atoms with E-state index in [1.54, 1.807) is 0 Å². The van der Waals surface area contributed by atoms with Crippen molar-refractivity contribution in [2.75, 3.05) is 19.7 Å². The molecule has 0 aromatic rings. The number of unbranched alkanes of at least 4 members (excludes halogenated alkanes) is 15. The Morgan fingerprint density at radius 3 is 1.85 bits per heavy atom. The molecule has 0 aromatic carbocycles.